The summed E-state index contributed by atoms with van der Waals surface area (Å²) in [5, 5.41) is 8.98. The van der Waals surface area contributed by atoms with E-state index >= 15 is 0 Å². The van der Waals surface area contributed by atoms with Gasteiger partial charge in [0.1, 0.15) is 0 Å². The van der Waals surface area contributed by atoms with Gasteiger partial charge in [0.25, 0.3) is 0 Å². The summed E-state index contributed by atoms with van der Waals surface area (Å²) < 4.78 is 0. The zero-order chi connectivity index (χ0) is 14.8. The van der Waals surface area contributed by atoms with Crippen LogP contribution in [-0.2, 0) is 4.79 Å². The molecule has 0 spiro atoms. The molecule has 0 aromatic heterocycles. The summed E-state index contributed by atoms with van der Waals surface area (Å²) in [5.41, 5.74) is 0.489. The van der Waals surface area contributed by atoms with Crippen molar-refractivity contribution in [3.05, 3.63) is 0 Å². The Balaban J connectivity index is 1.91. The number of carboxylic acid groups (broad SMARTS) is 1. The Morgan fingerprint density at radius 2 is 2.10 bits per heavy atom. The number of piperidine rings is 1. The van der Waals surface area contributed by atoms with Gasteiger partial charge in [-0.15, -0.1) is 0 Å². The second-order valence-electron chi connectivity index (χ2n) is 7.89. The van der Waals surface area contributed by atoms with Crippen molar-refractivity contribution in [1.82, 2.24) is 4.90 Å². The summed E-state index contributed by atoms with van der Waals surface area (Å²) in [6.07, 6.45) is 8.14. The molecule has 0 aromatic rings. The third-order valence-corrected chi connectivity index (χ3v) is 5.49. The minimum absolute atomic E-state index is 0.312. The van der Waals surface area contributed by atoms with E-state index in [1.54, 1.807) is 0 Å². The summed E-state index contributed by atoms with van der Waals surface area (Å²) in [5.74, 6) is 0.241. The highest BCUT2D eigenvalue weighted by molar-refractivity contribution is 5.67. The van der Waals surface area contributed by atoms with Crippen LogP contribution in [0.5, 0.6) is 0 Å². The Labute approximate surface area is 123 Å². The maximum Gasteiger partial charge on any atom is 0.303 e. The van der Waals surface area contributed by atoms with Crippen molar-refractivity contribution in [2.75, 3.05) is 13.1 Å². The van der Waals surface area contributed by atoms with Gasteiger partial charge < -0.3 is 10.0 Å². The van der Waals surface area contributed by atoms with Crippen LogP contribution in [0, 0.1) is 17.3 Å². The fourth-order valence-electron chi connectivity index (χ4n) is 4.25. The van der Waals surface area contributed by atoms with E-state index in [2.05, 4.69) is 25.7 Å². The molecule has 1 heterocycles. The molecule has 1 aliphatic heterocycles. The van der Waals surface area contributed by atoms with Crippen LogP contribution in [0.15, 0.2) is 0 Å². The number of hydrogen-bond acceptors (Lipinski definition) is 2. The predicted octanol–water partition coefficient (Wildman–Crippen LogP) is 3.78. The molecule has 3 atom stereocenters. The van der Waals surface area contributed by atoms with E-state index in [9.17, 15) is 4.79 Å². The summed E-state index contributed by atoms with van der Waals surface area (Å²) >= 11 is 0. The van der Waals surface area contributed by atoms with Crippen LogP contribution >= 0.6 is 0 Å². The molecule has 0 radical (unpaired) electrons. The second-order valence-corrected chi connectivity index (χ2v) is 7.89. The SMILES string of the molecule is CC(CC(=O)O)C1CCCN(C2CCCC(C)(C)C2)C1. The molecule has 1 saturated carbocycles. The molecule has 2 fully saturated rings. The standard InChI is InChI=1S/C17H31NO2/c1-13(10-16(19)20)14-6-5-9-18(12-14)15-7-4-8-17(2,3)11-15/h13-15H,4-12H2,1-3H3,(H,19,20). The number of carbonyl (C=O) groups is 1. The monoisotopic (exact) mass is 281 g/mol. The summed E-state index contributed by atoms with van der Waals surface area (Å²) in [6, 6.07) is 0.735. The molecular formula is C17H31NO2. The molecule has 2 rings (SSSR count). The fraction of sp³-hybridized carbons (Fsp3) is 0.941. The van der Waals surface area contributed by atoms with E-state index in [-0.39, 0.29) is 0 Å². The highest BCUT2D eigenvalue weighted by Crippen LogP contribution is 2.39. The lowest BCUT2D eigenvalue weighted by molar-refractivity contribution is -0.138. The van der Waals surface area contributed by atoms with Crippen molar-refractivity contribution in [3.63, 3.8) is 0 Å². The van der Waals surface area contributed by atoms with Crippen LogP contribution in [0.1, 0.15) is 65.7 Å². The van der Waals surface area contributed by atoms with Crippen LogP contribution in [0.25, 0.3) is 0 Å². The van der Waals surface area contributed by atoms with Gasteiger partial charge in [0.05, 0.1) is 0 Å². The fourth-order valence-corrected chi connectivity index (χ4v) is 4.25. The minimum Gasteiger partial charge on any atom is -0.481 e. The Hall–Kier alpha value is -0.570. The number of hydrogen-bond donors (Lipinski definition) is 1. The molecule has 0 bridgehead atoms. The largest absolute Gasteiger partial charge is 0.481 e. The molecule has 3 unspecified atom stereocenters. The molecule has 2 aliphatic rings. The molecule has 20 heavy (non-hydrogen) atoms. The number of rotatable bonds is 4. The Bertz CT molecular complexity index is 340. The van der Waals surface area contributed by atoms with Gasteiger partial charge in [0, 0.05) is 19.0 Å². The van der Waals surface area contributed by atoms with Gasteiger partial charge in [-0.25, -0.2) is 0 Å². The van der Waals surface area contributed by atoms with Gasteiger partial charge >= 0.3 is 5.97 Å². The second kappa shape index (κ2) is 6.46. The van der Waals surface area contributed by atoms with Crippen LogP contribution in [-0.4, -0.2) is 35.1 Å². The maximum atomic E-state index is 10.9. The van der Waals surface area contributed by atoms with Crippen molar-refractivity contribution < 1.29 is 9.90 Å². The zero-order valence-electron chi connectivity index (χ0n) is 13.4. The van der Waals surface area contributed by atoms with Gasteiger partial charge in [0.15, 0.2) is 0 Å². The minimum atomic E-state index is -0.645. The zero-order valence-corrected chi connectivity index (χ0v) is 13.4. The molecule has 1 saturated heterocycles. The predicted molar refractivity (Wildman–Crippen MR) is 81.8 cm³/mol. The molecule has 1 aliphatic carbocycles. The molecule has 0 amide bonds. The van der Waals surface area contributed by atoms with E-state index < -0.39 is 5.97 Å². The number of carboxylic acids is 1. The first kappa shape index (κ1) is 15.8. The van der Waals surface area contributed by atoms with Crippen molar-refractivity contribution >= 4 is 5.97 Å². The lowest BCUT2D eigenvalue weighted by Gasteiger charge is -2.45. The molecule has 3 nitrogen and oxygen atoms in total. The van der Waals surface area contributed by atoms with Crippen LogP contribution in [0.4, 0.5) is 0 Å². The molecule has 116 valence electrons. The van der Waals surface area contributed by atoms with Gasteiger partial charge in [-0.3, -0.25) is 4.79 Å². The Morgan fingerprint density at radius 3 is 2.75 bits per heavy atom. The quantitative estimate of drug-likeness (QED) is 0.852. The number of likely N-dealkylation sites (tertiary alicyclic amines) is 1. The normalized spacial score (nSPS) is 32.8. The summed E-state index contributed by atoms with van der Waals surface area (Å²) in [7, 11) is 0. The Morgan fingerprint density at radius 1 is 1.35 bits per heavy atom. The number of nitrogens with zero attached hydrogens (tertiary/aromatic N) is 1. The van der Waals surface area contributed by atoms with Crippen molar-refractivity contribution in [3.8, 4) is 0 Å². The van der Waals surface area contributed by atoms with Gasteiger partial charge in [0.2, 0.25) is 0 Å². The lowest BCUT2D eigenvalue weighted by Crippen LogP contribution is -2.47. The van der Waals surface area contributed by atoms with E-state index in [1.807, 2.05) is 0 Å². The van der Waals surface area contributed by atoms with Gasteiger partial charge in [-0.1, -0.05) is 27.2 Å². The molecule has 0 aromatic carbocycles. The smallest absolute Gasteiger partial charge is 0.303 e. The third kappa shape index (κ3) is 4.21. The van der Waals surface area contributed by atoms with E-state index in [0.29, 0.717) is 23.7 Å². The maximum absolute atomic E-state index is 10.9. The van der Waals surface area contributed by atoms with Gasteiger partial charge in [-0.05, 0) is 55.9 Å². The lowest BCUT2D eigenvalue weighted by atomic mass is 9.74. The average Bonchev–Trinajstić information content (AvgIpc) is 2.37. The van der Waals surface area contributed by atoms with Crippen molar-refractivity contribution in [2.45, 2.75) is 71.8 Å². The first-order chi connectivity index (χ1) is 9.37. The summed E-state index contributed by atoms with van der Waals surface area (Å²) in [6.45, 7) is 9.25. The molecule has 3 heteroatoms. The first-order valence-electron chi connectivity index (χ1n) is 8.33. The topological polar surface area (TPSA) is 40.5 Å². The third-order valence-electron chi connectivity index (χ3n) is 5.49. The van der Waals surface area contributed by atoms with Crippen LogP contribution in [0.3, 0.4) is 0 Å². The summed E-state index contributed by atoms with van der Waals surface area (Å²) in [4.78, 5) is 13.6. The van der Waals surface area contributed by atoms with Crippen molar-refractivity contribution in [1.29, 1.82) is 0 Å². The van der Waals surface area contributed by atoms with E-state index in [0.717, 1.165) is 12.6 Å². The number of aliphatic carboxylic acids is 1. The molecular weight excluding hydrogens is 250 g/mol. The van der Waals surface area contributed by atoms with Crippen molar-refractivity contribution in [2.24, 2.45) is 17.3 Å². The van der Waals surface area contributed by atoms with E-state index in [4.69, 9.17) is 5.11 Å². The Kier molecular flexibility index (Phi) is 5.11. The van der Waals surface area contributed by atoms with Gasteiger partial charge in [-0.2, -0.15) is 0 Å². The highest BCUT2D eigenvalue weighted by Gasteiger charge is 2.34. The van der Waals surface area contributed by atoms with E-state index in [1.165, 1.54) is 45.1 Å². The van der Waals surface area contributed by atoms with Crippen LogP contribution < -0.4 is 0 Å². The van der Waals surface area contributed by atoms with Crippen LogP contribution in [0.2, 0.25) is 0 Å². The molecule has 1 N–H and O–H groups in total. The first-order valence-corrected chi connectivity index (χ1v) is 8.33. The highest BCUT2D eigenvalue weighted by atomic mass is 16.4. The average molecular weight is 281 g/mol.